The highest BCUT2D eigenvalue weighted by Gasteiger charge is 2.20. The zero-order valence-electron chi connectivity index (χ0n) is 19.0. The first-order valence-corrected chi connectivity index (χ1v) is 10.5. The lowest BCUT2D eigenvalue weighted by molar-refractivity contribution is -0.143. The Bertz CT molecular complexity index is 1340. The zero-order valence-corrected chi connectivity index (χ0v) is 19.0. The van der Waals surface area contributed by atoms with Crippen LogP contribution >= 0.6 is 0 Å². The maximum atomic E-state index is 12.8. The van der Waals surface area contributed by atoms with Gasteiger partial charge in [0.2, 0.25) is 0 Å². The molecule has 0 amide bonds. The summed E-state index contributed by atoms with van der Waals surface area (Å²) in [5.74, 6) is -1.19. The molecule has 1 aromatic carbocycles. The standard InChI is InChI=1S/C24H24N2O8/c1-13(2)11-33-19(27)5-7-25-21(29)15-9-17-18(10-16(15)22(25)30)24(32)26(23(17)31)8-6-20(28)34-12-14(3)4/h9-10H,1,3,5-8,11-12H2,2,4H3. The summed E-state index contributed by atoms with van der Waals surface area (Å²) in [5, 5.41) is -0.100. The van der Waals surface area contributed by atoms with Crippen molar-refractivity contribution in [2.45, 2.75) is 39.8 Å². The van der Waals surface area contributed by atoms with Crippen LogP contribution in [0.1, 0.15) is 26.7 Å². The van der Waals surface area contributed by atoms with E-state index >= 15 is 0 Å². The van der Waals surface area contributed by atoms with Gasteiger partial charge in [0, 0.05) is 13.1 Å². The Morgan fingerprint density at radius 2 is 0.971 bits per heavy atom. The van der Waals surface area contributed by atoms with E-state index in [0.29, 0.717) is 11.1 Å². The zero-order chi connectivity index (χ0) is 25.2. The molecule has 3 aromatic rings. The van der Waals surface area contributed by atoms with Crippen LogP contribution in [0.15, 0.2) is 55.6 Å². The van der Waals surface area contributed by atoms with Gasteiger partial charge in [-0.15, -0.1) is 0 Å². The Balaban J connectivity index is 1.90. The van der Waals surface area contributed by atoms with Gasteiger partial charge in [-0.05, 0) is 37.1 Å². The SMILES string of the molecule is C=C(C)COC(=O)CCn1c(=O)c2cc3c(=O)n(CCC(=O)OCC(=C)C)c(=O)c3cc2c1=O. The molecule has 0 atom stereocenters. The molecule has 0 fully saturated rings. The Labute approximate surface area is 193 Å². The van der Waals surface area contributed by atoms with Gasteiger partial charge in [-0.2, -0.15) is 0 Å². The molecule has 3 rings (SSSR count). The monoisotopic (exact) mass is 468 g/mol. The molecule has 0 saturated heterocycles. The lowest BCUT2D eigenvalue weighted by Gasteiger charge is -2.04. The molecule has 0 unspecified atom stereocenters. The van der Waals surface area contributed by atoms with Crippen LogP contribution in [0.4, 0.5) is 0 Å². The van der Waals surface area contributed by atoms with Crippen LogP contribution in [0, 0.1) is 0 Å². The molecule has 178 valence electrons. The smallest absolute Gasteiger partial charge is 0.307 e. The fourth-order valence-electron chi connectivity index (χ4n) is 3.44. The molecule has 34 heavy (non-hydrogen) atoms. The fraction of sp³-hybridized carbons (Fsp3) is 0.333. The highest BCUT2D eigenvalue weighted by atomic mass is 16.5. The second-order valence-electron chi connectivity index (χ2n) is 8.20. The fourth-order valence-corrected chi connectivity index (χ4v) is 3.44. The number of rotatable bonds is 10. The van der Waals surface area contributed by atoms with Crippen molar-refractivity contribution in [2.75, 3.05) is 13.2 Å². The quantitative estimate of drug-likeness (QED) is 0.317. The van der Waals surface area contributed by atoms with E-state index in [9.17, 15) is 28.8 Å². The van der Waals surface area contributed by atoms with Crippen molar-refractivity contribution in [2.24, 2.45) is 0 Å². The maximum absolute atomic E-state index is 12.8. The molecule has 2 aromatic heterocycles. The van der Waals surface area contributed by atoms with E-state index in [0.717, 1.165) is 9.13 Å². The minimum Gasteiger partial charge on any atom is -0.461 e. The minimum absolute atomic E-state index is 0.0251. The highest BCUT2D eigenvalue weighted by Crippen LogP contribution is 2.15. The molecule has 0 bridgehead atoms. The third-order valence-corrected chi connectivity index (χ3v) is 5.10. The molecule has 0 aliphatic heterocycles. The topological polar surface area (TPSA) is 131 Å². The lowest BCUT2D eigenvalue weighted by atomic mass is 10.1. The maximum Gasteiger partial charge on any atom is 0.307 e. The molecule has 0 saturated carbocycles. The number of esters is 2. The summed E-state index contributed by atoms with van der Waals surface area (Å²) in [4.78, 5) is 74.7. The Hall–Kier alpha value is -4.08. The summed E-state index contributed by atoms with van der Waals surface area (Å²) in [6.07, 6.45) is -0.406. The van der Waals surface area contributed by atoms with Crippen molar-refractivity contribution >= 4 is 33.5 Å². The molecular weight excluding hydrogens is 444 g/mol. The largest absolute Gasteiger partial charge is 0.461 e. The molecule has 0 N–H and O–H groups in total. The van der Waals surface area contributed by atoms with E-state index in [2.05, 4.69) is 13.2 Å². The van der Waals surface area contributed by atoms with Gasteiger partial charge in [0.25, 0.3) is 22.2 Å². The summed E-state index contributed by atoms with van der Waals surface area (Å²) < 4.78 is 11.7. The average molecular weight is 468 g/mol. The third-order valence-electron chi connectivity index (χ3n) is 5.10. The number of carbonyl (C=O) groups excluding carboxylic acids is 2. The van der Waals surface area contributed by atoms with E-state index in [4.69, 9.17) is 9.47 Å². The van der Waals surface area contributed by atoms with Gasteiger partial charge in [-0.25, -0.2) is 0 Å². The molecule has 0 radical (unpaired) electrons. The van der Waals surface area contributed by atoms with Crippen molar-refractivity contribution in [3.8, 4) is 0 Å². The Morgan fingerprint density at radius 3 is 1.24 bits per heavy atom. The second-order valence-corrected chi connectivity index (χ2v) is 8.20. The summed E-state index contributed by atoms with van der Waals surface area (Å²) in [5.41, 5.74) is -1.38. The van der Waals surface area contributed by atoms with Crippen LogP contribution in [-0.2, 0) is 32.2 Å². The number of fused-ring (bicyclic) bond motifs is 2. The first-order chi connectivity index (χ1) is 16.0. The highest BCUT2D eigenvalue weighted by molar-refractivity contribution is 5.97. The van der Waals surface area contributed by atoms with Crippen LogP contribution in [0.25, 0.3) is 21.5 Å². The van der Waals surface area contributed by atoms with E-state index in [-0.39, 0.29) is 60.7 Å². The molecule has 0 aliphatic rings. The predicted molar refractivity (Wildman–Crippen MR) is 126 cm³/mol. The van der Waals surface area contributed by atoms with Crippen molar-refractivity contribution in [3.05, 3.63) is 77.9 Å². The average Bonchev–Trinajstić information content (AvgIpc) is 3.16. The van der Waals surface area contributed by atoms with E-state index in [1.54, 1.807) is 13.8 Å². The van der Waals surface area contributed by atoms with E-state index in [1.165, 1.54) is 12.1 Å². The van der Waals surface area contributed by atoms with Crippen molar-refractivity contribution in [1.29, 1.82) is 0 Å². The lowest BCUT2D eigenvalue weighted by Crippen LogP contribution is -2.27. The van der Waals surface area contributed by atoms with Crippen LogP contribution < -0.4 is 22.2 Å². The van der Waals surface area contributed by atoms with Crippen LogP contribution in [0.5, 0.6) is 0 Å². The summed E-state index contributed by atoms with van der Waals surface area (Å²) in [7, 11) is 0. The van der Waals surface area contributed by atoms with Crippen molar-refractivity contribution in [1.82, 2.24) is 9.13 Å². The van der Waals surface area contributed by atoms with Gasteiger partial charge in [-0.1, -0.05) is 13.2 Å². The van der Waals surface area contributed by atoms with Crippen LogP contribution in [-0.4, -0.2) is 34.3 Å². The van der Waals surface area contributed by atoms with Gasteiger partial charge < -0.3 is 9.47 Å². The third kappa shape index (κ3) is 4.95. The molecule has 0 spiro atoms. The van der Waals surface area contributed by atoms with E-state index < -0.39 is 34.2 Å². The first kappa shape index (κ1) is 24.6. The molecule has 0 aliphatic carbocycles. The molecule has 10 nitrogen and oxygen atoms in total. The van der Waals surface area contributed by atoms with Gasteiger partial charge in [0.15, 0.2) is 0 Å². The molecule has 10 heteroatoms. The Morgan fingerprint density at radius 1 is 0.676 bits per heavy atom. The van der Waals surface area contributed by atoms with Gasteiger partial charge in [0.1, 0.15) is 13.2 Å². The first-order valence-electron chi connectivity index (χ1n) is 10.5. The Kier molecular flexibility index (Phi) is 7.09. The summed E-state index contributed by atoms with van der Waals surface area (Å²) in [6, 6.07) is 2.42. The van der Waals surface area contributed by atoms with Crippen LogP contribution in [0.2, 0.25) is 0 Å². The number of nitrogens with zero attached hydrogens (tertiary/aromatic N) is 2. The summed E-state index contributed by atoms with van der Waals surface area (Å²) >= 11 is 0. The predicted octanol–water partition coefficient (Wildman–Crippen LogP) is 0.931. The van der Waals surface area contributed by atoms with Gasteiger partial charge in [-0.3, -0.25) is 37.9 Å². The molecule has 2 heterocycles. The number of ether oxygens (including phenoxy) is 2. The van der Waals surface area contributed by atoms with Crippen molar-refractivity contribution < 1.29 is 19.1 Å². The van der Waals surface area contributed by atoms with Gasteiger partial charge >= 0.3 is 11.9 Å². The number of hydrogen-bond acceptors (Lipinski definition) is 8. The number of aromatic nitrogens is 2. The van der Waals surface area contributed by atoms with E-state index in [1.807, 2.05) is 0 Å². The normalized spacial score (nSPS) is 11.1. The summed E-state index contributed by atoms with van der Waals surface area (Å²) in [6.45, 7) is 10.3. The number of hydrogen-bond donors (Lipinski definition) is 0. The number of carbonyl (C=O) groups is 2. The second kappa shape index (κ2) is 9.82. The van der Waals surface area contributed by atoms with Gasteiger partial charge in [0.05, 0.1) is 34.4 Å². The van der Waals surface area contributed by atoms with Crippen LogP contribution in [0.3, 0.4) is 0 Å². The van der Waals surface area contributed by atoms with Crippen molar-refractivity contribution in [3.63, 3.8) is 0 Å². The molecular formula is C24H24N2O8. The number of benzene rings is 1. The minimum atomic E-state index is -0.669.